The number of ketones is 2. The minimum absolute atomic E-state index is 0.0549. The van der Waals surface area contributed by atoms with E-state index >= 15 is 0 Å². The average Bonchev–Trinajstić information content (AvgIpc) is 2.55. The van der Waals surface area contributed by atoms with Crippen LogP contribution in [-0.2, 0) is 4.79 Å². The summed E-state index contributed by atoms with van der Waals surface area (Å²) in [6.45, 7) is 1.49. The summed E-state index contributed by atoms with van der Waals surface area (Å²) in [5, 5.41) is 39.4. The van der Waals surface area contributed by atoms with Gasteiger partial charge in [-0.1, -0.05) is 17.7 Å². The number of aliphatic carboxylic acids is 1. The fourth-order valence-electron chi connectivity index (χ4n) is 2.99. The van der Waals surface area contributed by atoms with E-state index in [1.165, 1.54) is 31.2 Å². The van der Waals surface area contributed by atoms with E-state index in [2.05, 4.69) is 0 Å². The monoisotopic (exact) mass is 354 g/mol. The Kier molecular flexibility index (Phi) is 4.00. The molecule has 0 radical (unpaired) electrons. The molecule has 0 heterocycles. The van der Waals surface area contributed by atoms with Crippen LogP contribution < -0.4 is 0 Å². The molecule has 0 atom stereocenters. The van der Waals surface area contributed by atoms with Gasteiger partial charge in [-0.2, -0.15) is 0 Å². The van der Waals surface area contributed by atoms with Gasteiger partial charge in [-0.25, -0.2) is 0 Å². The molecule has 2 aromatic rings. The number of aromatic hydroxyl groups is 3. The maximum atomic E-state index is 12.7. The van der Waals surface area contributed by atoms with Gasteiger partial charge in [-0.15, -0.1) is 0 Å². The van der Waals surface area contributed by atoms with Crippen molar-refractivity contribution in [3.63, 3.8) is 0 Å². The van der Waals surface area contributed by atoms with Gasteiger partial charge in [0.05, 0.1) is 23.1 Å². The Hall–Kier alpha value is -3.61. The van der Waals surface area contributed by atoms with Crippen molar-refractivity contribution in [2.45, 2.75) is 13.3 Å². The molecule has 7 heteroatoms. The van der Waals surface area contributed by atoms with Crippen molar-refractivity contribution in [3.05, 3.63) is 57.7 Å². The molecule has 0 fully saturated rings. The second-order valence-corrected chi connectivity index (χ2v) is 6.00. The normalized spacial score (nSPS) is 13.3. The van der Waals surface area contributed by atoms with Gasteiger partial charge in [0.2, 0.25) is 0 Å². The van der Waals surface area contributed by atoms with Crippen LogP contribution in [-0.4, -0.2) is 38.0 Å². The highest BCUT2D eigenvalue weighted by atomic mass is 16.4. The topological polar surface area (TPSA) is 132 Å². The minimum atomic E-state index is -1.09. The Morgan fingerprint density at radius 3 is 2.31 bits per heavy atom. The number of carbonyl (C=O) groups excluding carboxylic acids is 2. The predicted molar refractivity (Wildman–Crippen MR) is 90.6 cm³/mol. The molecule has 0 bridgehead atoms. The van der Waals surface area contributed by atoms with Gasteiger partial charge in [0.1, 0.15) is 17.2 Å². The maximum Gasteiger partial charge on any atom is 0.307 e. The van der Waals surface area contributed by atoms with E-state index in [1.54, 1.807) is 0 Å². The predicted octanol–water partition coefficient (Wildman–Crippen LogP) is 2.46. The highest BCUT2D eigenvalue weighted by molar-refractivity contribution is 6.30. The molecule has 0 saturated carbocycles. The Labute approximate surface area is 147 Å². The summed E-state index contributed by atoms with van der Waals surface area (Å²) in [6.07, 6.45) is 0.925. The lowest BCUT2D eigenvalue weighted by atomic mass is 9.81. The largest absolute Gasteiger partial charge is 0.507 e. The molecule has 0 aromatic heterocycles. The molecule has 2 aromatic carbocycles. The molecule has 0 unspecified atom stereocenters. The number of rotatable bonds is 3. The van der Waals surface area contributed by atoms with E-state index in [4.69, 9.17) is 5.11 Å². The number of phenols is 3. The Balaban J connectivity index is 2.24. The molecular weight excluding hydrogens is 340 g/mol. The lowest BCUT2D eigenvalue weighted by molar-refractivity contribution is -0.136. The lowest BCUT2D eigenvalue weighted by Gasteiger charge is -2.20. The SMILES string of the molecule is C/C(=C/c1c(O)cc2c(c1O)C(=O)c1cccc(O)c1C2=O)CC(=O)O. The van der Waals surface area contributed by atoms with Crippen LogP contribution in [0.3, 0.4) is 0 Å². The van der Waals surface area contributed by atoms with Crippen LogP contribution in [0.25, 0.3) is 6.08 Å². The second kappa shape index (κ2) is 6.03. The van der Waals surface area contributed by atoms with E-state index in [1.807, 2.05) is 0 Å². The quantitative estimate of drug-likeness (QED) is 0.568. The fraction of sp³-hybridized carbons (Fsp3) is 0.105. The van der Waals surface area contributed by atoms with Gasteiger partial charge in [0, 0.05) is 11.1 Å². The van der Waals surface area contributed by atoms with Crippen molar-refractivity contribution >= 4 is 23.6 Å². The maximum absolute atomic E-state index is 12.7. The highest BCUT2D eigenvalue weighted by Gasteiger charge is 2.35. The third-order valence-electron chi connectivity index (χ3n) is 4.12. The highest BCUT2D eigenvalue weighted by Crippen LogP contribution is 2.42. The molecule has 1 aliphatic rings. The van der Waals surface area contributed by atoms with Gasteiger partial charge >= 0.3 is 5.97 Å². The first-order chi connectivity index (χ1) is 12.2. The molecule has 0 spiro atoms. The number of hydrogen-bond acceptors (Lipinski definition) is 6. The summed E-state index contributed by atoms with van der Waals surface area (Å²) in [6, 6.07) is 5.06. The van der Waals surface area contributed by atoms with E-state index in [0.717, 1.165) is 6.07 Å². The van der Waals surface area contributed by atoms with Crippen molar-refractivity contribution in [1.29, 1.82) is 0 Å². The van der Waals surface area contributed by atoms with E-state index in [-0.39, 0.29) is 40.0 Å². The number of carboxylic acid groups (broad SMARTS) is 1. The van der Waals surface area contributed by atoms with Gasteiger partial charge in [0.15, 0.2) is 11.6 Å². The summed E-state index contributed by atoms with van der Waals surface area (Å²) >= 11 is 0. The summed E-state index contributed by atoms with van der Waals surface area (Å²) in [7, 11) is 0. The standard InChI is InChI=1S/C19H14O7/c1-8(6-14(22)23)5-10-13(21)7-11-16(18(10)25)17(24)9-3-2-4-12(20)15(9)19(11)26/h2-5,7,20-21,25H,6H2,1H3,(H,22,23)/b8-5-. The van der Waals surface area contributed by atoms with Crippen molar-refractivity contribution in [2.24, 2.45) is 0 Å². The van der Waals surface area contributed by atoms with Crippen LogP contribution in [0.2, 0.25) is 0 Å². The molecule has 1 aliphatic carbocycles. The lowest BCUT2D eigenvalue weighted by Crippen LogP contribution is -2.21. The Bertz CT molecular complexity index is 1020. The Morgan fingerprint density at radius 1 is 1.00 bits per heavy atom. The van der Waals surface area contributed by atoms with Crippen molar-refractivity contribution in [1.82, 2.24) is 0 Å². The first-order valence-electron chi connectivity index (χ1n) is 7.61. The van der Waals surface area contributed by atoms with Crippen molar-refractivity contribution in [3.8, 4) is 17.2 Å². The van der Waals surface area contributed by atoms with Gasteiger partial charge in [0.25, 0.3) is 0 Å². The van der Waals surface area contributed by atoms with Crippen molar-refractivity contribution in [2.75, 3.05) is 0 Å². The molecular formula is C19H14O7. The molecule has 7 nitrogen and oxygen atoms in total. The smallest absolute Gasteiger partial charge is 0.307 e. The summed E-state index contributed by atoms with van der Waals surface area (Å²) in [4.78, 5) is 36.1. The number of carbonyl (C=O) groups is 3. The molecule has 0 saturated heterocycles. The van der Waals surface area contributed by atoms with Crippen LogP contribution >= 0.6 is 0 Å². The molecule has 4 N–H and O–H groups in total. The van der Waals surface area contributed by atoms with Crippen LogP contribution in [0.4, 0.5) is 0 Å². The van der Waals surface area contributed by atoms with Crippen LogP contribution in [0.5, 0.6) is 17.2 Å². The molecule has 0 amide bonds. The first-order valence-corrected chi connectivity index (χ1v) is 7.61. The minimum Gasteiger partial charge on any atom is -0.507 e. The zero-order valence-electron chi connectivity index (χ0n) is 13.6. The number of phenolic OH excluding ortho intramolecular Hbond substituents is 3. The molecule has 3 rings (SSSR count). The van der Waals surface area contributed by atoms with Gasteiger partial charge in [-0.05, 0) is 25.1 Å². The summed E-state index contributed by atoms with van der Waals surface area (Å²) in [5.74, 6) is -3.93. The Morgan fingerprint density at radius 2 is 1.65 bits per heavy atom. The molecule has 132 valence electrons. The van der Waals surface area contributed by atoms with E-state index in [9.17, 15) is 29.7 Å². The second-order valence-electron chi connectivity index (χ2n) is 6.00. The number of hydrogen-bond donors (Lipinski definition) is 4. The van der Waals surface area contributed by atoms with Crippen LogP contribution in [0, 0.1) is 0 Å². The molecule has 26 heavy (non-hydrogen) atoms. The first kappa shape index (κ1) is 17.2. The molecule has 0 aliphatic heterocycles. The van der Waals surface area contributed by atoms with E-state index in [0.29, 0.717) is 5.57 Å². The van der Waals surface area contributed by atoms with Crippen LogP contribution in [0.15, 0.2) is 29.8 Å². The van der Waals surface area contributed by atoms with Gasteiger partial charge < -0.3 is 20.4 Å². The third kappa shape index (κ3) is 2.59. The number of carboxylic acids is 1. The van der Waals surface area contributed by atoms with Crippen molar-refractivity contribution < 1.29 is 34.8 Å². The number of benzene rings is 2. The fourth-order valence-corrected chi connectivity index (χ4v) is 2.99. The average molecular weight is 354 g/mol. The third-order valence-corrected chi connectivity index (χ3v) is 4.12. The van der Waals surface area contributed by atoms with E-state index < -0.39 is 29.0 Å². The summed E-state index contributed by atoms with van der Waals surface area (Å²) < 4.78 is 0. The van der Waals surface area contributed by atoms with Crippen LogP contribution in [0.1, 0.15) is 50.8 Å². The van der Waals surface area contributed by atoms with Gasteiger partial charge in [-0.3, -0.25) is 14.4 Å². The zero-order chi connectivity index (χ0) is 19.2. The zero-order valence-corrected chi connectivity index (χ0v) is 13.6. The summed E-state index contributed by atoms with van der Waals surface area (Å²) in [5.41, 5.74) is -0.579. The number of fused-ring (bicyclic) bond motifs is 2.